The summed E-state index contributed by atoms with van der Waals surface area (Å²) in [6.07, 6.45) is 1.25. The van der Waals surface area contributed by atoms with E-state index in [0.717, 1.165) is 12.8 Å². The number of carbonyl (C=O) groups is 2. The first kappa shape index (κ1) is 21.4. The Kier molecular flexibility index (Phi) is 7.00. The fourth-order valence-corrected chi connectivity index (χ4v) is 4.08. The first-order valence-electron chi connectivity index (χ1n) is 9.56. The van der Waals surface area contributed by atoms with Crippen LogP contribution in [-0.4, -0.2) is 41.3 Å². The number of methoxy groups -OCH3 is 1. The summed E-state index contributed by atoms with van der Waals surface area (Å²) >= 11 is 0. The summed E-state index contributed by atoms with van der Waals surface area (Å²) in [6.45, 7) is 6.05. The van der Waals surface area contributed by atoms with E-state index >= 15 is 0 Å². The summed E-state index contributed by atoms with van der Waals surface area (Å²) in [5, 5.41) is 24.2. The lowest BCUT2D eigenvalue weighted by atomic mass is 9.66. The van der Waals surface area contributed by atoms with Crippen LogP contribution in [0.25, 0.3) is 0 Å². The van der Waals surface area contributed by atoms with Crippen molar-refractivity contribution in [2.75, 3.05) is 13.7 Å². The maximum Gasteiger partial charge on any atom is 0.337 e. The number of aliphatic hydroxyl groups is 2. The van der Waals surface area contributed by atoms with Crippen LogP contribution in [-0.2, 0) is 9.53 Å². The molecule has 1 aromatic rings. The Morgan fingerprint density at radius 3 is 2.67 bits per heavy atom. The third-order valence-corrected chi connectivity index (χ3v) is 5.59. The summed E-state index contributed by atoms with van der Waals surface area (Å²) in [6, 6.07) is 6.46. The van der Waals surface area contributed by atoms with E-state index in [-0.39, 0.29) is 24.3 Å². The predicted molar refractivity (Wildman–Crippen MR) is 102 cm³/mol. The molecule has 6 nitrogen and oxygen atoms in total. The molecule has 1 unspecified atom stereocenters. The van der Waals surface area contributed by atoms with Crippen molar-refractivity contribution in [1.82, 2.24) is 5.32 Å². The Hall–Kier alpha value is -1.92. The number of aliphatic hydroxyl groups excluding tert-OH is 1. The Morgan fingerprint density at radius 1 is 1.33 bits per heavy atom. The van der Waals surface area contributed by atoms with Crippen molar-refractivity contribution >= 4 is 11.9 Å². The van der Waals surface area contributed by atoms with Crippen LogP contribution in [0.4, 0.5) is 0 Å². The van der Waals surface area contributed by atoms with Crippen molar-refractivity contribution < 1.29 is 24.5 Å². The maximum atomic E-state index is 12.8. The average molecular weight is 377 g/mol. The van der Waals surface area contributed by atoms with Gasteiger partial charge in [0, 0.05) is 6.54 Å². The van der Waals surface area contributed by atoms with Crippen LogP contribution in [0.2, 0.25) is 0 Å². The quantitative estimate of drug-likeness (QED) is 0.662. The van der Waals surface area contributed by atoms with Gasteiger partial charge in [0.25, 0.3) is 5.91 Å². The molecule has 0 heterocycles. The Labute approximate surface area is 160 Å². The topological polar surface area (TPSA) is 95.9 Å². The van der Waals surface area contributed by atoms with Crippen LogP contribution in [0.5, 0.6) is 0 Å². The van der Waals surface area contributed by atoms with E-state index in [2.05, 4.69) is 10.1 Å². The molecule has 1 amide bonds. The van der Waals surface area contributed by atoms with Crippen LogP contribution in [0.1, 0.15) is 62.1 Å². The van der Waals surface area contributed by atoms with E-state index in [4.69, 9.17) is 0 Å². The largest absolute Gasteiger partial charge is 0.465 e. The first-order valence-corrected chi connectivity index (χ1v) is 9.56. The molecule has 0 aromatic heterocycles. The van der Waals surface area contributed by atoms with Gasteiger partial charge in [-0.05, 0) is 48.3 Å². The Balaban J connectivity index is 2.06. The highest BCUT2D eigenvalue weighted by Gasteiger charge is 2.48. The summed E-state index contributed by atoms with van der Waals surface area (Å²) in [5.74, 6) is -0.560. The van der Waals surface area contributed by atoms with Gasteiger partial charge in [0.15, 0.2) is 0 Å². The molecule has 1 fully saturated rings. The standard InChI is InChI=1S/C21H31NO5/c1-13(2)17-9-8-14(3)11-21(17,26)20(25)22-12-18(23)15-6-5-7-16(10-15)19(24)27-4/h5-7,10,13-14,17-18,23,26H,8-9,11-12H2,1-4H3,(H,22,25)/t14-,17+,18?,21+/m1/s1. The summed E-state index contributed by atoms with van der Waals surface area (Å²) in [5.41, 5.74) is -0.582. The van der Waals surface area contributed by atoms with Gasteiger partial charge in [-0.15, -0.1) is 0 Å². The van der Waals surface area contributed by atoms with Crippen LogP contribution >= 0.6 is 0 Å². The van der Waals surface area contributed by atoms with Gasteiger partial charge < -0.3 is 20.3 Å². The zero-order chi connectivity index (χ0) is 20.2. The molecule has 0 saturated heterocycles. The molecule has 150 valence electrons. The predicted octanol–water partition coefficient (Wildman–Crippen LogP) is 2.45. The number of rotatable bonds is 6. The number of hydrogen-bond acceptors (Lipinski definition) is 5. The van der Waals surface area contributed by atoms with E-state index in [1.165, 1.54) is 13.2 Å². The number of esters is 1. The normalized spacial score (nSPS) is 26.5. The van der Waals surface area contributed by atoms with E-state index in [1.807, 2.05) is 20.8 Å². The monoisotopic (exact) mass is 377 g/mol. The molecule has 1 aromatic carbocycles. The molecule has 27 heavy (non-hydrogen) atoms. The summed E-state index contributed by atoms with van der Waals surface area (Å²) in [7, 11) is 1.29. The van der Waals surface area contributed by atoms with Gasteiger partial charge in [-0.2, -0.15) is 0 Å². The van der Waals surface area contributed by atoms with E-state index in [0.29, 0.717) is 17.5 Å². The molecule has 0 spiro atoms. The number of amides is 1. The van der Waals surface area contributed by atoms with Crippen molar-refractivity contribution in [3.05, 3.63) is 35.4 Å². The third-order valence-electron chi connectivity index (χ3n) is 5.59. The lowest BCUT2D eigenvalue weighted by molar-refractivity contribution is -0.156. The van der Waals surface area contributed by atoms with E-state index < -0.39 is 23.6 Å². The van der Waals surface area contributed by atoms with E-state index in [9.17, 15) is 19.8 Å². The zero-order valence-electron chi connectivity index (χ0n) is 16.6. The minimum atomic E-state index is -1.42. The summed E-state index contributed by atoms with van der Waals surface area (Å²) < 4.78 is 4.68. The Morgan fingerprint density at radius 2 is 2.04 bits per heavy atom. The lowest BCUT2D eigenvalue weighted by Crippen LogP contribution is -2.56. The molecule has 1 saturated carbocycles. The van der Waals surface area contributed by atoms with Gasteiger partial charge in [0.05, 0.1) is 18.8 Å². The first-order chi connectivity index (χ1) is 12.7. The second-order valence-electron chi connectivity index (χ2n) is 8.00. The molecular formula is C21H31NO5. The van der Waals surface area contributed by atoms with Crippen molar-refractivity contribution in [2.45, 2.75) is 51.7 Å². The second-order valence-corrected chi connectivity index (χ2v) is 8.00. The van der Waals surface area contributed by atoms with E-state index in [1.54, 1.807) is 18.2 Å². The third kappa shape index (κ3) is 4.87. The lowest BCUT2D eigenvalue weighted by Gasteiger charge is -2.43. The SMILES string of the molecule is COC(=O)c1cccc(C(O)CNC(=O)[C@]2(O)C[C@H](C)CC[C@H]2C(C)C)c1. The molecule has 0 bridgehead atoms. The van der Waals surface area contributed by atoms with Gasteiger partial charge in [-0.25, -0.2) is 4.79 Å². The number of carbonyl (C=O) groups excluding carboxylic acids is 2. The number of ether oxygens (including phenoxy) is 1. The van der Waals surface area contributed by atoms with Crippen molar-refractivity contribution in [1.29, 1.82) is 0 Å². The van der Waals surface area contributed by atoms with Gasteiger partial charge in [-0.3, -0.25) is 4.79 Å². The highest BCUT2D eigenvalue weighted by molar-refractivity contribution is 5.89. The number of hydrogen-bond donors (Lipinski definition) is 3. The van der Waals surface area contributed by atoms with Crippen LogP contribution in [0, 0.1) is 17.8 Å². The highest BCUT2D eigenvalue weighted by Crippen LogP contribution is 2.41. The molecule has 3 N–H and O–H groups in total. The molecule has 4 atom stereocenters. The number of benzene rings is 1. The minimum Gasteiger partial charge on any atom is -0.465 e. The van der Waals surface area contributed by atoms with Gasteiger partial charge in [0.1, 0.15) is 5.60 Å². The van der Waals surface area contributed by atoms with Gasteiger partial charge in [0.2, 0.25) is 0 Å². The van der Waals surface area contributed by atoms with Crippen LogP contribution in [0.15, 0.2) is 24.3 Å². The van der Waals surface area contributed by atoms with Crippen LogP contribution < -0.4 is 5.32 Å². The summed E-state index contributed by atoms with van der Waals surface area (Å²) in [4.78, 5) is 24.4. The van der Waals surface area contributed by atoms with Crippen LogP contribution in [0.3, 0.4) is 0 Å². The van der Waals surface area contributed by atoms with Crippen molar-refractivity contribution in [3.8, 4) is 0 Å². The van der Waals surface area contributed by atoms with Gasteiger partial charge >= 0.3 is 5.97 Å². The fraction of sp³-hybridized carbons (Fsp3) is 0.619. The molecule has 6 heteroatoms. The average Bonchev–Trinajstić information content (AvgIpc) is 2.64. The highest BCUT2D eigenvalue weighted by atomic mass is 16.5. The Bertz CT molecular complexity index is 674. The number of nitrogens with one attached hydrogen (secondary N) is 1. The molecule has 2 rings (SSSR count). The molecular weight excluding hydrogens is 346 g/mol. The van der Waals surface area contributed by atoms with Crippen molar-refractivity contribution in [2.24, 2.45) is 17.8 Å². The molecule has 1 aliphatic rings. The molecule has 1 aliphatic carbocycles. The molecule has 0 aliphatic heterocycles. The molecule has 0 radical (unpaired) electrons. The minimum absolute atomic E-state index is 0.0367. The van der Waals surface area contributed by atoms with Crippen molar-refractivity contribution in [3.63, 3.8) is 0 Å². The smallest absolute Gasteiger partial charge is 0.337 e. The van der Waals surface area contributed by atoms with Gasteiger partial charge in [-0.1, -0.05) is 39.3 Å². The zero-order valence-corrected chi connectivity index (χ0v) is 16.6. The second kappa shape index (κ2) is 8.85. The maximum absolute atomic E-state index is 12.8. The fourth-order valence-electron chi connectivity index (χ4n) is 4.08.